The molecule has 0 spiro atoms. The maximum atomic E-state index is 12.6. The van der Waals surface area contributed by atoms with Gasteiger partial charge in [-0.05, 0) is 41.6 Å². The number of rotatable bonds is 2. The van der Waals surface area contributed by atoms with Crippen molar-refractivity contribution < 1.29 is 4.79 Å². The van der Waals surface area contributed by atoms with Gasteiger partial charge < -0.3 is 9.88 Å². The first-order chi connectivity index (χ1) is 12.1. The van der Waals surface area contributed by atoms with Crippen LogP contribution < -0.4 is 5.56 Å². The van der Waals surface area contributed by atoms with E-state index >= 15 is 0 Å². The number of benzene rings is 2. The van der Waals surface area contributed by atoms with Gasteiger partial charge in [-0.25, -0.2) is 0 Å². The summed E-state index contributed by atoms with van der Waals surface area (Å²) in [6, 6.07) is 14.7. The van der Waals surface area contributed by atoms with Crippen molar-refractivity contribution >= 4 is 28.3 Å². The fraction of sp³-hybridized carbons (Fsp3) is 0.200. The summed E-state index contributed by atoms with van der Waals surface area (Å²) in [5, 5.41) is 2.05. The zero-order valence-electron chi connectivity index (χ0n) is 13.5. The summed E-state index contributed by atoms with van der Waals surface area (Å²) in [5.41, 5.74) is 1.63. The zero-order chi connectivity index (χ0) is 17.4. The average molecular weight is 353 g/mol. The van der Waals surface area contributed by atoms with Gasteiger partial charge in [0, 0.05) is 41.2 Å². The van der Waals surface area contributed by atoms with E-state index in [0.29, 0.717) is 29.1 Å². The van der Waals surface area contributed by atoms with Crippen LogP contribution in [0.2, 0.25) is 5.02 Å². The Bertz CT molecular complexity index is 997. The van der Waals surface area contributed by atoms with Gasteiger partial charge in [-0.1, -0.05) is 35.9 Å². The molecule has 1 N–H and O–H groups in total. The van der Waals surface area contributed by atoms with E-state index in [1.807, 2.05) is 41.3 Å². The SMILES string of the molecule is O=C(c1ccccc1)N1CCC(c2c[nH]c(=O)c3cc(Cl)ccc23)C1. The number of pyridine rings is 1. The highest BCUT2D eigenvalue weighted by molar-refractivity contribution is 6.31. The number of hydrogen-bond acceptors (Lipinski definition) is 2. The van der Waals surface area contributed by atoms with Crippen LogP contribution in [0.15, 0.2) is 59.5 Å². The second kappa shape index (κ2) is 6.37. The lowest BCUT2D eigenvalue weighted by Gasteiger charge is -2.17. The number of aromatic nitrogens is 1. The first-order valence-corrected chi connectivity index (χ1v) is 8.66. The smallest absolute Gasteiger partial charge is 0.255 e. The van der Waals surface area contributed by atoms with Crippen molar-refractivity contribution in [1.29, 1.82) is 0 Å². The molecule has 1 aliphatic heterocycles. The first kappa shape index (κ1) is 15.9. The van der Waals surface area contributed by atoms with Crippen LogP contribution >= 0.6 is 11.6 Å². The maximum absolute atomic E-state index is 12.6. The molecule has 4 nitrogen and oxygen atoms in total. The average Bonchev–Trinajstić information content (AvgIpc) is 3.12. The molecule has 0 bridgehead atoms. The number of carbonyl (C=O) groups excluding carboxylic acids is 1. The van der Waals surface area contributed by atoms with Gasteiger partial charge >= 0.3 is 0 Å². The molecule has 1 amide bonds. The van der Waals surface area contributed by atoms with Crippen LogP contribution in [0.3, 0.4) is 0 Å². The number of amides is 1. The highest BCUT2D eigenvalue weighted by Crippen LogP contribution is 2.32. The third kappa shape index (κ3) is 2.94. The molecule has 1 unspecified atom stereocenters. The van der Waals surface area contributed by atoms with Crippen LogP contribution in [-0.2, 0) is 0 Å². The van der Waals surface area contributed by atoms with E-state index in [1.165, 1.54) is 0 Å². The molecule has 1 aromatic heterocycles. The van der Waals surface area contributed by atoms with E-state index < -0.39 is 0 Å². The minimum Gasteiger partial charge on any atom is -0.338 e. The van der Waals surface area contributed by atoms with Crippen molar-refractivity contribution in [2.24, 2.45) is 0 Å². The van der Waals surface area contributed by atoms with Gasteiger partial charge in [-0.3, -0.25) is 9.59 Å². The highest BCUT2D eigenvalue weighted by atomic mass is 35.5. The third-order valence-electron chi connectivity index (χ3n) is 4.83. The van der Waals surface area contributed by atoms with Crippen molar-refractivity contribution in [2.75, 3.05) is 13.1 Å². The maximum Gasteiger partial charge on any atom is 0.255 e. The second-order valence-electron chi connectivity index (χ2n) is 6.37. The van der Waals surface area contributed by atoms with Crippen LogP contribution in [0.25, 0.3) is 10.8 Å². The monoisotopic (exact) mass is 352 g/mol. The molecule has 2 heterocycles. The zero-order valence-corrected chi connectivity index (χ0v) is 14.3. The summed E-state index contributed by atoms with van der Waals surface area (Å²) in [7, 11) is 0. The molecule has 2 aromatic carbocycles. The normalized spacial score (nSPS) is 17.2. The first-order valence-electron chi connectivity index (χ1n) is 8.28. The van der Waals surface area contributed by atoms with Crippen molar-refractivity contribution in [3.63, 3.8) is 0 Å². The summed E-state index contributed by atoms with van der Waals surface area (Å²) < 4.78 is 0. The van der Waals surface area contributed by atoms with Gasteiger partial charge in [0.25, 0.3) is 11.5 Å². The van der Waals surface area contributed by atoms with E-state index in [4.69, 9.17) is 11.6 Å². The minimum absolute atomic E-state index is 0.0554. The van der Waals surface area contributed by atoms with Crippen LogP contribution in [-0.4, -0.2) is 28.9 Å². The Morgan fingerprint density at radius 2 is 1.92 bits per heavy atom. The number of carbonyl (C=O) groups is 1. The number of hydrogen-bond donors (Lipinski definition) is 1. The van der Waals surface area contributed by atoms with E-state index in [2.05, 4.69) is 4.98 Å². The molecule has 1 atom stereocenters. The van der Waals surface area contributed by atoms with Gasteiger partial charge in [-0.2, -0.15) is 0 Å². The molecule has 0 aliphatic carbocycles. The number of nitrogens with zero attached hydrogens (tertiary/aromatic N) is 1. The van der Waals surface area contributed by atoms with Crippen LogP contribution in [0.5, 0.6) is 0 Å². The molecular weight excluding hydrogens is 336 g/mol. The fourth-order valence-corrected chi connectivity index (χ4v) is 3.73. The lowest BCUT2D eigenvalue weighted by atomic mass is 9.95. The number of H-pyrrole nitrogens is 1. The van der Waals surface area contributed by atoms with Crippen molar-refractivity contribution in [3.05, 3.63) is 81.2 Å². The Morgan fingerprint density at radius 1 is 1.12 bits per heavy atom. The number of aromatic amines is 1. The quantitative estimate of drug-likeness (QED) is 0.762. The number of nitrogens with one attached hydrogen (secondary N) is 1. The predicted molar refractivity (Wildman–Crippen MR) is 99.3 cm³/mol. The molecule has 3 aromatic rings. The molecule has 0 radical (unpaired) electrons. The van der Waals surface area contributed by atoms with Gasteiger partial charge in [0.1, 0.15) is 0 Å². The fourth-order valence-electron chi connectivity index (χ4n) is 3.55. The van der Waals surface area contributed by atoms with E-state index in [-0.39, 0.29) is 17.4 Å². The third-order valence-corrected chi connectivity index (χ3v) is 5.07. The van der Waals surface area contributed by atoms with E-state index in [0.717, 1.165) is 17.4 Å². The Balaban J connectivity index is 1.64. The molecule has 5 heteroatoms. The van der Waals surface area contributed by atoms with Gasteiger partial charge in [0.05, 0.1) is 0 Å². The van der Waals surface area contributed by atoms with Gasteiger partial charge in [0.2, 0.25) is 0 Å². The predicted octanol–water partition coefficient (Wildman–Crippen LogP) is 3.81. The molecule has 1 fully saturated rings. The molecule has 1 saturated heterocycles. The van der Waals surface area contributed by atoms with Crippen molar-refractivity contribution in [1.82, 2.24) is 9.88 Å². The summed E-state index contributed by atoms with van der Waals surface area (Å²) in [6.07, 6.45) is 2.65. The molecule has 25 heavy (non-hydrogen) atoms. The van der Waals surface area contributed by atoms with E-state index in [9.17, 15) is 9.59 Å². The van der Waals surface area contributed by atoms with Crippen molar-refractivity contribution in [2.45, 2.75) is 12.3 Å². The minimum atomic E-state index is -0.142. The summed E-state index contributed by atoms with van der Waals surface area (Å²) >= 11 is 6.03. The van der Waals surface area contributed by atoms with Crippen LogP contribution in [0.1, 0.15) is 28.3 Å². The largest absolute Gasteiger partial charge is 0.338 e. The van der Waals surface area contributed by atoms with Crippen LogP contribution in [0, 0.1) is 0 Å². The molecular formula is C20H17ClN2O2. The van der Waals surface area contributed by atoms with Crippen LogP contribution in [0.4, 0.5) is 0 Å². The lowest BCUT2D eigenvalue weighted by Crippen LogP contribution is -2.28. The van der Waals surface area contributed by atoms with E-state index in [1.54, 1.807) is 18.3 Å². The van der Waals surface area contributed by atoms with Crippen molar-refractivity contribution in [3.8, 4) is 0 Å². The molecule has 126 valence electrons. The molecule has 4 rings (SSSR count). The molecule has 1 aliphatic rings. The van der Waals surface area contributed by atoms with Gasteiger partial charge in [-0.15, -0.1) is 0 Å². The Hall–Kier alpha value is -2.59. The summed E-state index contributed by atoms with van der Waals surface area (Å²) in [5.74, 6) is 0.257. The standard InChI is InChI=1S/C20H17ClN2O2/c21-15-6-7-16-17(10-15)19(24)22-11-18(16)14-8-9-23(12-14)20(25)13-4-2-1-3-5-13/h1-7,10-11,14H,8-9,12H2,(H,22,24). The summed E-state index contributed by atoms with van der Waals surface area (Å²) in [6.45, 7) is 1.37. The number of fused-ring (bicyclic) bond motifs is 1. The molecule has 0 saturated carbocycles. The van der Waals surface area contributed by atoms with Gasteiger partial charge in [0.15, 0.2) is 0 Å². The summed E-state index contributed by atoms with van der Waals surface area (Å²) in [4.78, 5) is 29.4. The number of likely N-dealkylation sites (tertiary alicyclic amines) is 1. The number of halogens is 1. The highest BCUT2D eigenvalue weighted by Gasteiger charge is 2.29. The Kier molecular flexibility index (Phi) is 4.06. The Labute approximate surface area is 150 Å². The topological polar surface area (TPSA) is 53.2 Å². The Morgan fingerprint density at radius 3 is 2.72 bits per heavy atom. The second-order valence-corrected chi connectivity index (χ2v) is 6.80. The lowest BCUT2D eigenvalue weighted by molar-refractivity contribution is 0.0791.